The van der Waals surface area contributed by atoms with Crippen LogP contribution in [0, 0.1) is 16.6 Å². The lowest BCUT2D eigenvalue weighted by Gasteiger charge is -2.47. The number of likely N-dealkylation sites (N-methyl/N-ethyl adjacent to an activating group) is 1. The van der Waals surface area contributed by atoms with E-state index < -0.39 is 5.41 Å². The Hall–Kier alpha value is -3.93. The number of nitrogen functional groups attached to an aromatic ring is 1. The normalized spacial score (nSPS) is 16.2. The number of halogens is 1. The molecular weight excluding hydrogens is 656 g/mol. The van der Waals surface area contributed by atoms with Crippen molar-refractivity contribution in [2.45, 2.75) is 94.2 Å². The van der Waals surface area contributed by atoms with Crippen LogP contribution in [0.5, 0.6) is 0 Å². The van der Waals surface area contributed by atoms with Gasteiger partial charge in [0.2, 0.25) is 11.9 Å². The second kappa shape index (κ2) is 20.9. The summed E-state index contributed by atoms with van der Waals surface area (Å²) in [6.45, 7) is 15.6. The van der Waals surface area contributed by atoms with E-state index in [2.05, 4.69) is 54.4 Å². The first-order chi connectivity index (χ1) is 23.7. The fraction of sp³-hybridized carbons (Fsp3) is 0.561. The Bertz CT molecular complexity index is 1500. The lowest BCUT2D eigenvalue weighted by atomic mass is 9.59. The van der Waals surface area contributed by atoms with Crippen molar-refractivity contribution in [3.05, 3.63) is 83.9 Å². The van der Waals surface area contributed by atoms with Gasteiger partial charge in [-0.05, 0) is 80.1 Å². The van der Waals surface area contributed by atoms with Gasteiger partial charge in [-0.2, -0.15) is 0 Å². The molecule has 52 heavy (non-hydrogen) atoms. The SMILES string of the molecule is C.C.CCCC(CN(C)CC(=O)N1CCN(c2ncccn2)C[C@H]1CC)(C(C)=O)C(C)(C)CC.CN(N)C(c1ccc(F)cc1)c1cccc(N)c1. The number of anilines is 2. The van der Waals surface area contributed by atoms with E-state index in [1.807, 2.05) is 42.3 Å². The van der Waals surface area contributed by atoms with E-state index in [0.717, 1.165) is 55.8 Å². The van der Waals surface area contributed by atoms with Gasteiger partial charge in [-0.15, -0.1) is 0 Å². The first-order valence-corrected chi connectivity index (χ1v) is 17.8. The highest BCUT2D eigenvalue weighted by Crippen LogP contribution is 2.46. The summed E-state index contributed by atoms with van der Waals surface area (Å²) < 4.78 is 13.0. The molecule has 4 rings (SSSR count). The number of piperazine rings is 1. The Morgan fingerprint density at radius 2 is 1.62 bits per heavy atom. The van der Waals surface area contributed by atoms with Crippen molar-refractivity contribution >= 4 is 23.3 Å². The number of hydrogen-bond acceptors (Lipinski definition) is 9. The van der Waals surface area contributed by atoms with Gasteiger partial charge < -0.3 is 15.5 Å². The molecule has 10 nitrogen and oxygen atoms in total. The molecule has 1 aromatic heterocycles. The van der Waals surface area contributed by atoms with Gasteiger partial charge in [0.15, 0.2) is 0 Å². The van der Waals surface area contributed by atoms with Crippen molar-refractivity contribution in [1.82, 2.24) is 24.8 Å². The third-order valence-corrected chi connectivity index (χ3v) is 10.4. The minimum Gasteiger partial charge on any atom is -0.399 e. The molecule has 1 aliphatic heterocycles. The molecule has 4 N–H and O–H groups in total. The molecule has 0 aliphatic carbocycles. The van der Waals surface area contributed by atoms with E-state index in [9.17, 15) is 14.0 Å². The molecule has 2 aromatic carbocycles. The molecule has 0 spiro atoms. The van der Waals surface area contributed by atoms with Gasteiger partial charge in [0.1, 0.15) is 11.6 Å². The van der Waals surface area contributed by atoms with Crippen molar-refractivity contribution < 1.29 is 14.0 Å². The second-order valence-electron chi connectivity index (χ2n) is 14.2. The predicted octanol–water partition coefficient (Wildman–Crippen LogP) is 7.22. The maximum Gasteiger partial charge on any atom is 0.237 e. The number of hydrazine groups is 1. The summed E-state index contributed by atoms with van der Waals surface area (Å²) in [5, 5.41) is 1.59. The lowest BCUT2D eigenvalue weighted by Crippen LogP contribution is -2.58. The zero-order chi connectivity index (χ0) is 37.1. The average molecular weight is 723 g/mol. The molecule has 3 aromatic rings. The Balaban J connectivity index is 0.000000574. The molecule has 1 aliphatic rings. The van der Waals surface area contributed by atoms with Gasteiger partial charge in [0.05, 0.1) is 12.6 Å². The minimum absolute atomic E-state index is 0. The van der Waals surface area contributed by atoms with E-state index in [4.69, 9.17) is 11.6 Å². The summed E-state index contributed by atoms with van der Waals surface area (Å²) in [5.74, 6) is 6.72. The summed E-state index contributed by atoms with van der Waals surface area (Å²) in [6.07, 6.45) is 7.11. The third kappa shape index (κ3) is 11.5. The van der Waals surface area contributed by atoms with E-state index in [1.54, 1.807) is 43.5 Å². The van der Waals surface area contributed by atoms with Gasteiger partial charge in [-0.3, -0.25) is 20.3 Å². The van der Waals surface area contributed by atoms with Gasteiger partial charge in [0, 0.05) is 62.8 Å². The number of rotatable bonds is 14. The monoisotopic (exact) mass is 723 g/mol. The number of aromatic nitrogens is 2. The van der Waals surface area contributed by atoms with Crippen LogP contribution in [0.1, 0.15) is 99.2 Å². The first kappa shape index (κ1) is 46.1. The molecule has 0 radical (unpaired) electrons. The quantitative estimate of drug-likeness (QED) is 0.101. The number of carbonyl (C=O) groups excluding carboxylic acids is 2. The number of hydrogen-bond donors (Lipinski definition) is 2. The fourth-order valence-corrected chi connectivity index (χ4v) is 7.21. The molecule has 1 amide bonds. The van der Waals surface area contributed by atoms with E-state index >= 15 is 0 Å². The minimum atomic E-state index is -0.445. The highest BCUT2D eigenvalue weighted by molar-refractivity contribution is 5.84. The number of ketones is 1. The zero-order valence-electron chi connectivity index (χ0n) is 31.4. The van der Waals surface area contributed by atoms with Crippen molar-refractivity contribution in [1.29, 1.82) is 0 Å². The summed E-state index contributed by atoms with van der Waals surface area (Å²) in [7, 11) is 3.75. The van der Waals surface area contributed by atoms with Crippen LogP contribution in [0.15, 0.2) is 67.0 Å². The van der Waals surface area contributed by atoms with E-state index in [-0.39, 0.29) is 49.9 Å². The van der Waals surface area contributed by atoms with Gasteiger partial charge in [-0.25, -0.2) is 19.4 Å². The molecule has 3 atom stereocenters. The largest absolute Gasteiger partial charge is 0.399 e. The van der Waals surface area contributed by atoms with Crippen LogP contribution in [0.2, 0.25) is 0 Å². The second-order valence-corrected chi connectivity index (χ2v) is 14.2. The topological polar surface area (TPSA) is 125 Å². The van der Waals surface area contributed by atoms with Crippen LogP contribution in [0.4, 0.5) is 16.0 Å². The van der Waals surface area contributed by atoms with Crippen molar-refractivity contribution in [3.63, 3.8) is 0 Å². The average Bonchev–Trinajstić information content (AvgIpc) is 3.09. The zero-order valence-corrected chi connectivity index (χ0v) is 31.4. The van der Waals surface area contributed by atoms with Gasteiger partial charge >= 0.3 is 0 Å². The highest BCUT2D eigenvalue weighted by Gasteiger charge is 2.47. The van der Waals surface area contributed by atoms with E-state index in [1.165, 1.54) is 12.1 Å². The predicted molar refractivity (Wildman–Crippen MR) is 214 cm³/mol. The fourth-order valence-electron chi connectivity index (χ4n) is 7.21. The smallest absolute Gasteiger partial charge is 0.237 e. The number of amides is 1. The summed E-state index contributed by atoms with van der Waals surface area (Å²) in [5.41, 5.74) is 7.79. The Kier molecular flexibility index (Phi) is 18.6. The van der Waals surface area contributed by atoms with Crippen LogP contribution in [0.25, 0.3) is 0 Å². The Morgan fingerprint density at radius 1 is 0.981 bits per heavy atom. The Labute approximate surface area is 313 Å². The molecule has 0 bridgehead atoms. The number of Topliss-reactive ketones (excluding diaryl/α,β-unsaturated/α-hetero) is 1. The number of carbonyl (C=O) groups is 2. The first-order valence-electron chi connectivity index (χ1n) is 17.8. The highest BCUT2D eigenvalue weighted by atomic mass is 19.1. The number of benzene rings is 2. The molecule has 2 heterocycles. The van der Waals surface area contributed by atoms with Crippen LogP contribution in [0.3, 0.4) is 0 Å². The van der Waals surface area contributed by atoms with Crippen molar-refractivity contribution in [2.75, 3.05) is 57.5 Å². The van der Waals surface area contributed by atoms with Gasteiger partial charge in [0.25, 0.3) is 0 Å². The van der Waals surface area contributed by atoms with Crippen LogP contribution < -0.4 is 16.5 Å². The van der Waals surface area contributed by atoms with E-state index in [0.29, 0.717) is 25.3 Å². The molecule has 1 saturated heterocycles. The third-order valence-electron chi connectivity index (χ3n) is 10.4. The van der Waals surface area contributed by atoms with Crippen LogP contribution in [-0.2, 0) is 9.59 Å². The van der Waals surface area contributed by atoms with Crippen LogP contribution >= 0.6 is 0 Å². The lowest BCUT2D eigenvalue weighted by molar-refractivity contribution is -0.141. The summed E-state index contributed by atoms with van der Waals surface area (Å²) in [6, 6.07) is 15.6. The summed E-state index contributed by atoms with van der Waals surface area (Å²) >= 11 is 0. The Morgan fingerprint density at radius 3 is 2.13 bits per heavy atom. The molecule has 0 saturated carbocycles. The molecule has 1 fully saturated rings. The number of nitrogens with two attached hydrogens (primary N) is 2. The van der Waals surface area contributed by atoms with Crippen LogP contribution in [-0.4, -0.2) is 89.3 Å². The maximum atomic E-state index is 13.3. The molecule has 2 unspecified atom stereocenters. The van der Waals surface area contributed by atoms with Crippen molar-refractivity contribution in [2.24, 2.45) is 16.7 Å². The number of nitrogens with zero attached hydrogens (tertiary/aromatic N) is 6. The standard InChI is InChI=1S/C25H43N5O2.C14H16FN3.2CH4/c1-8-12-25(20(4)31,24(5,6)10-3)19-28(7)18-22(32)30-16-15-29(17-21(30)9-2)23-26-13-11-14-27-23;1-18(17)14(10-5-7-12(15)8-6-10)11-3-2-4-13(16)9-11;;/h11,13-14,21H,8-10,12,15-19H2,1-7H3;2-9,14H,16-17H2,1H3;2*1H4/t21-,25?;;;/m1.../s1. The maximum absolute atomic E-state index is 13.3. The summed E-state index contributed by atoms with van der Waals surface area (Å²) in [4.78, 5) is 41.2. The van der Waals surface area contributed by atoms with Crippen molar-refractivity contribution in [3.8, 4) is 0 Å². The molecule has 11 heteroatoms. The van der Waals surface area contributed by atoms with Gasteiger partial charge in [-0.1, -0.05) is 80.2 Å². The molecular formula is C41H67FN8O2. The molecule has 290 valence electrons.